The lowest BCUT2D eigenvalue weighted by Crippen LogP contribution is -2.53. The topological polar surface area (TPSA) is 21.3 Å². The van der Waals surface area contributed by atoms with Crippen molar-refractivity contribution in [3.63, 3.8) is 0 Å². The second kappa shape index (κ2) is 6.49. The molecule has 1 saturated carbocycles. The Kier molecular flexibility index (Phi) is 4.94. The van der Waals surface area contributed by atoms with Crippen LogP contribution >= 0.6 is 0 Å². The molecule has 1 aliphatic carbocycles. The molecule has 1 aromatic rings. The number of halogens is 1. The molecule has 0 heterocycles. The van der Waals surface area contributed by atoms with E-state index in [1.54, 1.807) is 0 Å². The predicted octanol–water partition coefficient (Wildman–Crippen LogP) is 3.31. The van der Waals surface area contributed by atoms with Crippen molar-refractivity contribution in [2.45, 2.75) is 50.2 Å². The van der Waals surface area contributed by atoms with Crippen molar-refractivity contribution in [1.82, 2.24) is 5.32 Å². The standard InChI is InChI=1S/C16H24FNO/c1-18-15(12-13-6-8-14(17)9-7-13)16(19-2)10-4-3-5-11-16/h6-9,15,18H,3-5,10-12H2,1-2H3. The van der Waals surface area contributed by atoms with Crippen molar-refractivity contribution in [2.75, 3.05) is 14.2 Å². The first-order valence-electron chi connectivity index (χ1n) is 7.17. The van der Waals surface area contributed by atoms with E-state index in [1.807, 2.05) is 26.3 Å². The van der Waals surface area contributed by atoms with Crippen molar-refractivity contribution < 1.29 is 9.13 Å². The van der Waals surface area contributed by atoms with Crippen LogP contribution in [0.3, 0.4) is 0 Å². The number of rotatable bonds is 5. The van der Waals surface area contributed by atoms with Crippen molar-refractivity contribution >= 4 is 0 Å². The molecule has 0 bridgehead atoms. The molecular weight excluding hydrogens is 241 g/mol. The molecule has 1 aromatic carbocycles. The van der Waals surface area contributed by atoms with Crippen molar-refractivity contribution in [2.24, 2.45) is 0 Å². The fraction of sp³-hybridized carbons (Fsp3) is 0.625. The Balaban J connectivity index is 2.11. The molecule has 0 aromatic heterocycles. The van der Waals surface area contributed by atoms with Gasteiger partial charge >= 0.3 is 0 Å². The van der Waals surface area contributed by atoms with Crippen LogP contribution in [0.15, 0.2) is 24.3 Å². The summed E-state index contributed by atoms with van der Waals surface area (Å²) >= 11 is 0. The van der Waals surface area contributed by atoms with Gasteiger partial charge in [-0.2, -0.15) is 0 Å². The molecule has 0 aliphatic heterocycles. The van der Waals surface area contributed by atoms with Crippen LogP contribution in [0.1, 0.15) is 37.7 Å². The van der Waals surface area contributed by atoms with Gasteiger partial charge in [0, 0.05) is 13.2 Å². The average molecular weight is 265 g/mol. The minimum absolute atomic E-state index is 0.0681. The Hall–Kier alpha value is -0.930. The fourth-order valence-electron chi connectivity index (χ4n) is 3.25. The molecule has 0 saturated heterocycles. The summed E-state index contributed by atoms with van der Waals surface area (Å²) in [7, 11) is 3.81. The highest BCUT2D eigenvalue weighted by molar-refractivity contribution is 5.18. The summed E-state index contributed by atoms with van der Waals surface area (Å²) in [5.74, 6) is -0.177. The highest BCUT2D eigenvalue weighted by atomic mass is 19.1. The Morgan fingerprint density at radius 1 is 1.21 bits per heavy atom. The van der Waals surface area contributed by atoms with E-state index in [4.69, 9.17) is 4.74 Å². The summed E-state index contributed by atoms with van der Waals surface area (Å²) in [5, 5.41) is 3.41. The van der Waals surface area contributed by atoms with Gasteiger partial charge < -0.3 is 10.1 Å². The highest BCUT2D eigenvalue weighted by Crippen LogP contribution is 2.35. The van der Waals surface area contributed by atoms with E-state index < -0.39 is 0 Å². The Morgan fingerprint density at radius 3 is 2.37 bits per heavy atom. The van der Waals surface area contributed by atoms with E-state index in [1.165, 1.54) is 31.4 Å². The molecule has 1 atom stereocenters. The quantitative estimate of drug-likeness (QED) is 0.882. The summed E-state index contributed by atoms with van der Waals surface area (Å²) in [6, 6.07) is 7.07. The van der Waals surface area contributed by atoms with Crippen LogP contribution in [-0.4, -0.2) is 25.8 Å². The third-order valence-corrected chi connectivity index (χ3v) is 4.44. The number of benzene rings is 1. The third kappa shape index (κ3) is 3.34. The Morgan fingerprint density at radius 2 is 1.84 bits per heavy atom. The summed E-state index contributed by atoms with van der Waals surface area (Å²) < 4.78 is 18.9. The molecule has 0 amide bonds. The third-order valence-electron chi connectivity index (χ3n) is 4.44. The van der Waals surface area contributed by atoms with Crippen LogP contribution in [0.4, 0.5) is 4.39 Å². The maximum absolute atomic E-state index is 13.0. The summed E-state index contributed by atoms with van der Waals surface area (Å²) in [6.07, 6.45) is 6.86. The number of likely N-dealkylation sites (N-methyl/N-ethyl adjacent to an activating group) is 1. The molecule has 1 unspecified atom stereocenters. The van der Waals surface area contributed by atoms with Gasteiger partial charge in [0.05, 0.1) is 5.60 Å². The van der Waals surface area contributed by atoms with Gasteiger partial charge in [0.25, 0.3) is 0 Å². The van der Waals surface area contributed by atoms with Gasteiger partial charge in [0.1, 0.15) is 5.82 Å². The van der Waals surface area contributed by atoms with E-state index in [9.17, 15) is 4.39 Å². The van der Waals surface area contributed by atoms with E-state index >= 15 is 0 Å². The van der Waals surface area contributed by atoms with Gasteiger partial charge in [-0.1, -0.05) is 31.4 Å². The van der Waals surface area contributed by atoms with Crippen LogP contribution in [0.5, 0.6) is 0 Å². The minimum Gasteiger partial charge on any atom is -0.377 e. The number of methoxy groups -OCH3 is 1. The smallest absolute Gasteiger partial charge is 0.123 e. The van der Waals surface area contributed by atoms with Crippen LogP contribution in [0, 0.1) is 5.82 Å². The molecule has 1 N–H and O–H groups in total. The zero-order chi connectivity index (χ0) is 13.7. The fourth-order valence-corrected chi connectivity index (χ4v) is 3.25. The van der Waals surface area contributed by atoms with Crippen LogP contribution in [0.2, 0.25) is 0 Å². The molecule has 1 aliphatic rings. The van der Waals surface area contributed by atoms with Gasteiger partial charge in [-0.25, -0.2) is 4.39 Å². The Labute approximate surface area is 115 Å². The molecule has 0 radical (unpaired) electrons. The normalized spacial score (nSPS) is 20.2. The first kappa shape index (κ1) is 14.5. The average Bonchev–Trinajstić information content (AvgIpc) is 2.47. The van der Waals surface area contributed by atoms with Crippen molar-refractivity contribution in [3.05, 3.63) is 35.6 Å². The molecule has 3 heteroatoms. The maximum Gasteiger partial charge on any atom is 0.123 e. The summed E-state index contributed by atoms with van der Waals surface area (Å²) in [6.45, 7) is 0. The minimum atomic E-state index is -0.177. The molecule has 19 heavy (non-hydrogen) atoms. The van der Waals surface area contributed by atoms with Crippen LogP contribution in [-0.2, 0) is 11.2 Å². The van der Waals surface area contributed by atoms with Crippen molar-refractivity contribution in [1.29, 1.82) is 0 Å². The van der Waals surface area contributed by atoms with E-state index in [2.05, 4.69) is 5.32 Å². The van der Waals surface area contributed by atoms with Crippen LogP contribution < -0.4 is 5.32 Å². The number of hydrogen-bond acceptors (Lipinski definition) is 2. The maximum atomic E-state index is 13.0. The van der Waals surface area contributed by atoms with Gasteiger partial charge in [-0.15, -0.1) is 0 Å². The second-order valence-electron chi connectivity index (χ2n) is 5.50. The monoisotopic (exact) mass is 265 g/mol. The predicted molar refractivity (Wildman–Crippen MR) is 75.8 cm³/mol. The van der Waals surface area contributed by atoms with E-state index in [0.29, 0.717) is 0 Å². The SMILES string of the molecule is CNC(Cc1ccc(F)cc1)C1(OC)CCCCC1. The van der Waals surface area contributed by atoms with Gasteiger partial charge in [-0.05, 0) is 44.0 Å². The Bertz CT molecular complexity index is 384. The number of hydrogen-bond donors (Lipinski definition) is 1. The zero-order valence-electron chi connectivity index (χ0n) is 11.9. The lowest BCUT2D eigenvalue weighted by Gasteiger charge is -2.42. The molecule has 0 spiro atoms. The summed E-state index contributed by atoms with van der Waals surface area (Å²) in [4.78, 5) is 0. The molecule has 2 nitrogen and oxygen atoms in total. The molecule has 1 fully saturated rings. The van der Waals surface area contributed by atoms with E-state index in [-0.39, 0.29) is 17.5 Å². The first-order valence-corrected chi connectivity index (χ1v) is 7.17. The van der Waals surface area contributed by atoms with Gasteiger partial charge in [0.15, 0.2) is 0 Å². The van der Waals surface area contributed by atoms with Crippen LogP contribution in [0.25, 0.3) is 0 Å². The first-order chi connectivity index (χ1) is 9.20. The molecular formula is C16H24FNO. The molecule has 106 valence electrons. The highest BCUT2D eigenvalue weighted by Gasteiger charge is 2.39. The number of ether oxygens (including phenoxy) is 1. The van der Waals surface area contributed by atoms with Gasteiger partial charge in [0.2, 0.25) is 0 Å². The van der Waals surface area contributed by atoms with Crippen molar-refractivity contribution in [3.8, 4) is 0 Å². The van der Waals surface area contributed by atoms with E-state index in [0.717, 1.165) is 24.8 Å². The summed E-state index contributed by atoms with van der Waals surface area (Å²) in [5.41, 5.74) is 1.09. The van der Waals surface area contributed by atoms with Gasteiger partial charge in [-0.3, -0.25) is 0 Å². The molecule has 2 rings (SSSR count). The second-order valence-corrected chi connectivity index (χ2v) is 5.50. The lowest BCUT2D eigenvalue weighted by molar-refractivity contribution is -0.0657. The number of nitrogens with one attached hydrogen (secondary N) is 1. The lowest BCUT2D eigenvalue weighted by atomic mass is 9.77. The largest absolute Gasteiger partial charge is 0.377 e. The zero-order valence-corrected chi connectivity index (χ0v) is 11.9.